The minimum Gasteiger partial charge on any atom is -0.699 e. The van der Waals surface area contributed by atoms with Crippen LogP contribution in [0.3, 0.4) is 0 Å². The van der Waals surface area contributed by atoms with Gasteiger partial charge in [0.25, 0.3) is 0 Å². The molecule has 0 fully saturated rings. The van der Waals surface area contributed by atoms with Crippen molar-refractivity contribution in [3.63, 3.8) is 0 Å². The van der Waals surface area contributed by atoms with Crippen LogP contribution in [0.15, 0.2) is 48.6 Å². The van der Waals surface area contributed by atoms with Gasteiger partial charge in [0.15, 0.2) is 0 Å². The second-order valence-electron chi connectivity index (χ2n) is 2.37. The van der Waals surface area contributed by atoms with Gasteiger partial charge < -0.3 is 5.73 Å². The van der Waals surface area contributed by atoms with Gasteiger partial charge >= 0.3 is 21.7 Å². The molecule has 0 bridgehead atoms. The molecule has 0 amide bonds. The van der Waals surface area contributed by atoms with E-state index in [1.807, 2.05) is 30.4 Å². The summed E-state index contributed by atoms with van der Waals surface area (Å²) < 4.78 is 0. The molecule has 0 saturated carbocycles. The Morgan fingerprint density at radius 3 is 1.87 bits per heavy atom. The van der Waals surface area contributed by atoms with E-state index in [0.29, 0.717) is 5.69 Å². The molecule has 0 saturated heterocycles. The van der Waals surface area contributed by atoms with Gasteiger partial charge in [-0.25, -0.2) is 12.2 Å². The molecule has 0 aliphatic heterocycles. The SMILES string of the molecule is Cl.Cl.[C-]1=CC=CC1.[NH-]c1ccccc1.[Ti+2]. The largest absolute Gasteiger partial charge is 2.00 e. The molecule has 0 unspecified atom stereocenters. The Morgan fingerprint density at radius 2 is 1.67 bits per heavy atom. The standard InChI is InChI=1S/C6H6N.C5H5.2ClH.Ti/c7-6-4-2-1-3-5-6;1-2-4-5-3-1;;;/h1-5,7H;1-3H,4H2;2*1H;/q2*-1;;;+2. The molecule has 0 heterocycles. The number of hydrogen-bond donors (Lipinski definition) is 0. The van der Waals surface area contributed by atoms with Crippen molar-refractivity contribution in [1.82, 2.24) is 0 Å². The van der Waals surface area contributed by atoms with Crippen LogP contribution < -0.4 is 0 Å². The van der Waals surface area contributed by atoms with E-state index in [9.17, 15) is 0 Å². The molecule has 0 atom stereocenters. The summed E-state index contributed by atoms with van der Waals surface area (Å²) >= 11 is 0. The van der Waals surface area contributed by atoms with E-state index >= 15 is 0 Å². The normalized spacial score (nSPS) is 9.87. The van der Waals surface area contributed by atoms with Crippen LogP contribution >= 0.6 is 24.8 Å². The molecule has 1 aromatic rings. The van der Waals surface area contributed by atoms with Crippen molar-refractivity contribution in [1.29, 1.82) is 0 Å². The van der Waals surface area contributed by atoms with Gasteiger partial charge in [-0.15, -0.1) is 36.9 Å². The number of benzene rings is 1. The van der Waals surface area contributed by atoms with Crippen LogP contribution in [-0.4, -0.2) is 0 Å². The fourth-order valence-corrected chi connectivity index (χ4v) is 0.778. The molecule has 15 heavy (non-hydrogen) atoms. The first kappa shape index (κ1) is 20.2. The van der Waals surface area contributed by atoms with Gasteiger partial charge in [0, 0.05) is 0 Å². The van der Waals surface area contributed by atoms with Crippen LogP contribution in [0.4, 0.5) is 5.69 Å². The Morgan fingerprint density at radius 1 is 1.07 bits per heavy atom. The van der Waals surface area contributed by atoms with E-state index in [2.05, 4.69) is 12.2 Å². The molecule has 1 nitrogen and oxygen atoms in total. The van der Waals surface area contributed by atoms with E-state index in [1.54, 1.807) is 12.1 Å². The van der Waals surface area contributed by atoms with Gasteiger partial charge in [0.05, 0.1) is 0 Å². The van der Waals surface area contributed by atoms with Crippen LogP contribution in [0.5, 0.6) is 0 Å². The summed E-state index contributed by atoms with van der Waals surface area (Å²) in [7, 11) is 0. The number of allylic oxidation sites excluding steroid dienone is 4. The van der Waals surface area contributed by atoms with Crippen LogP contribution in [-0.2, 0) is 21.7 Å². The second-order valence-corrected chi connectivity index (χ2v) is 2.37. The molecular formula is C11H13Cl2NTi. The maximum Gasteiger partial charge on any atom is 2.00 e. The molecule has 1 N–H and O–H groups in total. The monoisotopic (exact) mass is 277 g/mol. The molecule has 0 radical (unpaired) electrons. The third kappa shape index (κ3) is 11.7. The Bertz CT molecular complexity index is 263. The van der Waals surface area contributed by atoms with Crippen molar-refractivity contribution >= 4 is 30.5 Å². The van der Waals surface area contributed by atoms with Gasteiger partial charge in [-0.2, -0.15) is 6.08 Å². The van der Waals surface area contributed by atoms with E-state index in [-0.39, 0.29) is 46.5 Å². The fourth-order valence-electron chi connectivity index (χ4n) is 0.778. The van der Waals surface area contributed by atoms with E-state index in [0.717, 1.165) is 6.42 Å². The first-order valence-corrected chi connectivity index (χ1v) is 3.88. The van der Waals surface area contributed by atoms with Crippen molar-refractivity contribution in [2.75, 3.05) is 0 Å². The molecule has 80 valence electrons. The van der Waals surface area contributed by atoms with Gasteiger partial charge in [-0.3, -0.25) is 6.08 Å². The summed E-state index contributed by atoms with van der Waals surface area (Å²) in [6, 6.07) is 9.10. The summed E-state index contributed by atoms with van der Waals surface area (Å²) in [6.45, 7) is 0. The second kappa shape index (κ2) is 13.8. The minimum absolute atomic E-state index is 0. The van der Waals surface area contributed by atoms with E-state index < -0.39 is 0 Å². The topological polar surface area (TPSA) is 23.8 Å². The quantitative estimate of drug-likeness (QED) is 0.492. The maximum atomic E-state index is 7.00. The van der Waals surface area contributed by atoms with Crippen molar-refractivity contribution in [2.45, 2.75) is 6.42 Å². The molecule has 1 aliphatic carbocycles. The first-order valence-electron chi connectivity index (χ1n) is 3.88. The Labute approximate surface area is 119 Å². The van der Waals surface area contributed by atoms with E-state index in [4.69, 9.17) is 5.73 Å². The van der Waals surface area contributed by atoms with Gasteiger partial charge in [0.2, 0.25) is 0 Å². The molecule has 4 heteroatoms. The minimum atomic E-state index is 0. The van der Waals surface area contributed by atoms with Gasteiger partial charge in [-0.05, 0) is 0 Å². The summed E-state index contributed by atoms with van der Waals surface area (Å²) in [4.78, 5) is 0. The smallest absolute Gasteiger partial charge is 0.699 e. The third-order valence-corrected chi connectivity index (χ3v) is 1.36. The fraction of sp³-hybridized carbons (Fsp3) is 0.0909. The molecule has 0 aromatic heterocycles. The van der Waals surface area contributed by atoms with Crippen molar-refractivity contribution in [3.8, 4) is 0 Å². The zero-order chi connectivity index (χ0) is 8.65. The zero-order valence-electron chi connectivity index (χ0n) is 8.14. The average molecular weight is 278 g/mol. The Kier molecular flexibility index (Phi) is 18.6. The predicted molar refractivity (Wildman–Crippen MR) is 66.5 cm³/mol. The number of nitrogens with one attached hydrogen (secondary N) is 1. The van der Waals surface area contributed by atoms with Crippen LogP contribution in [0.25, 0.3) is 5.73 Å². The number of hydrogen-bond acceptors (Lipinski definition) is 0. The zero-order valence-corrected chi connectivity index (χ0v) is 11.3. The number of halogens is 2. The maximum absolute atomic E-state index is 7.00. The van der Waals surface area contributed by atoms with Gasteiger partial charge in [-0.1, -0.05) is 30.3 Å². The van der Waals surface area contributed by atoms with E-state index in [1.165, 1.54) is 0 Å². The molecule has 1 aliphatic rings. The Balaban J connectivity index is -0.000000165. The van der Waals surface area contributed by atoms with Crippen molar-refractivity contribution < 1.29 is 21.7 Å². The first-order chi connectivity index (χ1) is 5.89. The van der Waals surface area contributed by atoms with Crippen LogP contribution in [0.2, 0.25) is 0 Å². The molecular weight excluding hydrogens is 265 g/mol. The van der Waals surface area contributed by atoms with Crippen LogP contribution in [0.1, 0.15) is 6.42 Å². The Hall–Kier alpha value is -0.206. The molecule has 1 aromatic carbocycles. The van der Waals surface area contributed by atoms with Crippen molar-refractivity contribution in [3.05, 3.63) is 60.4 Å². The van der Waals surface area contributed by atoms with Crippen LogP contribution in [0, 0.1) is 6.08 Å². The third-order valence-electron chi connectivity index (χ3n) is 1.36. The molecule has 0 spiro atoms. The number of rotatable bonds is 0. The average Bonchev–Trinajstić information content (AvgIpc) is 2.62. The summed E-state index contributed by atoms with van der Waals surface area (Å²) in [5.41, 5.74) is 7.57. The summed E-state index contributed by atoms with van der Waals surface area (Å²) in [5.74, 6) is 0. The molecule has 2 rings (SSSR count). The summed E-state index contributed by atoms with van der Waals surface area (Å²) in [6.07, 6.45) is 10.0. The summed E-state index contributed by atoms with van der Waals surface area (Å²) in [5, 5.41) is 0. The van der Waals surface area contributed by atoms with Crippen molar-refractivity contribution in [2.24, 2.45) is 0 Å². The predicted octanol–water partition coefficient (Wildman–Crippen LogP) is 4.52. The van der Waals surface area contributed by atoms with Gasteiger partial charge in [0.1, 0.15) is 0 Å².